The lowest BCUT2D eigenvalue weighted by Crippen LogP contribution is -2.45. The van der Waals surface area contributed by atoms with Crippen LogP contribution >= 0.6 is 22.9 Å². The first-order chi connectivity index (χ1) is 28.1. The number of piperazine rings is 1. The third-order valence-electron chi connectivity index (χ3n) is 9.67. The quantitative estimate of drug-likeness (QED) is 0.100. The topological polar surface area (TPSA) is 128 Å². The van der Waals surface area contributed by atoms with E-state index >= 15 is 8.78 Å². The normalized spacial score (nSPS) is 14.8. The molecule has 0 aliphatic carbocycles. The number of carbonyl (C=O) groups is 1. The summed E-state index contributed by atoms with van der Waals surface area (Å²) in [4.78, 5) is 26.1. The Morgan fingerprint density at radius 1 is 1.00 bits per heavy atom. The lowest BCUT2D eigenvalue weighted by atomic mass is 9.97. The van der Waals surface area contributed by atoms with Crippen molar-refractivity contribution in [1.29, 1.82) is 0 Å². The molecule has 1 atom stereocenters. The Morgan fingerprint density at radius 3 is 2.47 bits per heavy atom. The molecule has 312 valence electrons. The minimum atomic E-state index is -4.62. The number of benzene rings is 2. The number of ether oxygens (including phenoxy) is 3. The van der Waals surface area contributed by atoms with Crippen molar-refractivity contribution in [2.45, 2.75) is 38.3 Å². The van der Waals surface area contributed by atoms with Gasteiger partial charge < -0.3 is 28.6 Å². The van der Waals surface area contributed by atoms with Crippen molar-refractivity contribution < 1.29 is 54.9 Å². The van der Waals surface area contributed by atoms with Gasteiger partial charge in [-0.25, -0.2) is 14.8 Å². The summed E-state index contributed by atoms with van der Waals surface area (Å²) in [5.41, 5.74) is 0.135. The fourth-order valence-corrected chi connectivity index (χ4v) is 7.94. The van der Waals surface area contributed by atoms with Gasteiger partial charge in [0.15, 0.2) is 0 Å². The number of fused-ring (bicyclic) bond motifs is 1. The van der Waals surface area contributed by atoms with Crippen LogP contribution in [0, 0.1) is 12.9 Å². The Bertz CT molecular complexity index is 2450. The van der Waals surface area contributed by atoms with E-state index < -0.39 is 60.5 Å². The van der Waals surface area contributed by atoms with Gasteiger partial charge in [-0.2, -0.15) is 31.4 Å². The molecule has 59 heavy (non-hydrogen) atoms. The Morgan fingerprint density at radius 2 is 1.76 bits per heavy atom. The van der Waals surface area contributed by atoms with Crippen molar-refractivity contribution in [3.05, 3.63) is 95.0 Å². The van der Waals surface area contributed by atoms with Crippen molar-refractivity contribution in [3.8, 4) is 39.1 Å². The first kappa shape index (κ1) is 41.8. The lowest BCUT2D eigenvalue weighted by molar-refractivity contribution is -0.169. The maximum atomic E-state index is 16.6. The zero-order chi connectivity index (χ0) is 42.1. The monoisotopic (exact) mass is 864 g/mol. The Hall–Kier alpha value is -5.37. The third kappa shape index (κ3) is 9.12. The number of carboxylic acid groups (broad SMARTS) is 1. The highest BCUT2D eigenvalue weighted by molar-refractivity contribution is 7.22. The molecule has 20 heteroatoms. The maximum absolute atomic E-state index is 16.6. The van der Waals surface area contributed by atoms with Gasteiger partial charge in [-0.15, -0.1) is 11.3 Å². The van der Waals surface area contributed by atoms with Crippen LogP contribution in [0.1, 0.15) is 16.8 Å². The molecule has 1 N–H and O–H groups in total. The SMILES string of the molecule is Cc1c(-c2c(-c3ccc(F)o3)sc3ncnc(O[C@H](C(=O)O)C(F)(F)c4ccccc4OCc4ccnn4CC(F)(F)F)c23)ccc(OCCN2CCN(C)CC2)c1Cl. The first-order valence-electron chi connectivity index (χ1n) is 18.0. The van der Waals surface area contributed by atoms with Gasteiger partial charge in [-0.05, 0) is 55.4 Å². The van der Waals surface area contributed by atoms with Crippen LogP contribution in [-0.4, -0.2) is 99.3 Å². The van der Waals surface area contributed by atoms with Crippen LogP contribution in [0.4, 0.5) is 26.3 Å². The summed E-state index contributed by atoms with van der Waals surface area (Å²) < 4.78 is 110. The number of alkyl halides is 5. The second-order valence-corrected chi connectivity index (χ2v) is 15.0. The number of rotatable bonds is 15. The number of nitrogens with zero attached hydrogens (tertiary/aromatic N) is 6. The zero-order valence-electron chi connectivity index (χ0n) is 31.3. The molecule has 4 aromatic heterocycles. The minimum absolute atomic E-state index is 0.0109. The predicted octanol–water partition coefficient (Wildman–Crippen LogP) is 8.31. The molecule has 5 heterocycles. The summed E-state index contributed by atoms with van der Waals surface area (Å²) in [6, 6.07) is 10.7. The van der Waals surface area contributed by atoms with Crippen LogP contribution in [0.2, 0.25) is 5.02 Å². The number of aliphatic carboxylic acids is 1. The molecule has 1 aliphatic heterocycles. The minimum Gasteiger partial charge on any atom is -0.491 e. The van der Waals surface area contributed by atoms with E-state index in [1.807, 2.05) is 0 Å². The van der Waals surface area contributed by atoms with Crippen molar-refractivity contribution in [2.75, 3.05) is 46.4 Å². The molecule has 0 unspecified atom stereocenters. The first-order valence-corrected chi connectivity index (χ1v) is 19.2. The second-order valence-electron chi connectivity index (χ2n) is 13.7. The highest BCUT2D eigenvalue weighted by atomic mass is 35.5. The molecule has 12 nitrogen and oxygen atoms in total. The van der Waals surface area contributed by atoms with Crippen LogP contribution < -0.4 is 14.2 Å². The number of furan rings is 1. The fourth-order valence-electron chi connectivity index (χ4n) is 6.61. The molecule has 6 aromatic rings. The van der Waals surface area contributed by atoms with E-state index in [2.05, 4.69) is 31.9 Å². The molecule has 0 saturated carbocycles. The molecule has 0 bridgehead atoms. The Balaban J connectivity index is 1.23. The molecule has 7 rings (SSSR count). The predicted molar refractivity (Wildman–Crippen MR) is 205 cm³/mol. The van der Waals surface area contributed by atoms with Gasteiger partial charge in [0.25, 0.3) is 12.1 Å². The summed E-state index contributed by atoms with van der Waals surface area (Å²) in [6.45, 7) is 4.36. The van der Waals surface area contributed by atoms with Crippen molar-refractivity contribution in [3.63, 3.8) is 0 Å². The van der Waals surface area contributed by atoms with E-state index in [0.29, 0.717) is 39.6 Å². The van der Waals surface area contributed by atoms with Crippen LogP contribution in [0.5, 0.6) is 17.4 Å². The number of carboxylic acids is 1. The highest BCUT2D eigenvalue weighted by Gasteiger charge is 2.51. The number of halogens is 7. The Kier molecular flexibility index (Phi) is 12.1. The third-order valence-corrected chi connectivity index (χ3v) is 11.3. The molecule has 0 radical (unpaired) electrons. The van der Waals surface area contributed by atoms with Crippen molar-refractivity contribution in [1.82, 2.24) is 29.5 Å². The van der Waals surface area contributed by atoms with Gasteiger partial charge in [0, 0.05) is 50.6 Å². The molecule has 1 saturated heterocycles. The molecule has 0 spiro atoms. The van der Waals surface area contributed by atoms with Crippen LogP contribution in [0.15, 0.2) is 71.5 Å². The van der Waals surface area contributed by atoms with E-state index in [1.54, 1.807) is 19.1 Å². The number of aromatic nitrogens is 4. The molecule has 1 fully saturated rings. The van der Waals surface area contributed by atoms with E-state index in [4.69, 9.17) is 30.2 Å². The summed E-state index contributed by atoms with van der Waals surface area (Å²) in [5.74, 6) is -7.05. The van der Waals surface area contributed by atoms with Gasteiger partial charge in [0.1, 0.15) is 48.2 Å². The molecule has 1 aliphatic rings. The second kappa shape index (κ2) is 17.1. The zero-order valence-corrected chi connectivity index (χ0v) is 32.9. The molecular weight excluding hydrogens is 830 g/mol. The van der Waals surface area contributed by atoms with E-state index in [9.17, 15) is 27.5 Å². The lowest BCUT2D eigenvalue weighted by Gasteiger charge is -2.32. The largest absolute Gasteiger partial charge is 0.491 e. The highest BCUT2D eigenvalue weighted by Crippen LogP contribution is 2.50. The number of hydrogen-bond acceptors (Lipinski definition) is 11. The van der Waals surface area contributed by atoms with Gasteiger partial charge >= 0.3 is 18.1 Å². The van der Waals surface area contributed by atoms with E-state index in [-0.39, 0.29) is 32.3 Å². The van der Waals surface area contributed by atoms with Gasteiger partial charge in [0.05, 0.1) is 26.5 Å². The number of para-hydroxylation sites is 1. The van der Waals surface area contributed by atoms with Gasteiger partial charge in [0.2, 0.25) is 5.88 Å². The average Bonchev–Trinajstić information content (AvgIpc) is 3.93. The summed E-state index contributed by atoms with van der Waals surface area (Å²) in [6.07, 6.45) is -5.45. The number of thiophene rings is 1. The number of hydrogen-bond donors (Lipinski definition) is 1. The molecule has 2 aromatic carbocycles. The standard InChI is InChI=1S/C39H35ClF6N6O6S/c1-22-24(7-8-27(32(22)40)55-18-17-51-15-13-50(2)14-16-51)30-31-35(47-21-48-36(31)59-33(30)28-9-10-29(41)57-28)58-34(37(53)54)39(45,46)25-5-3-4-6-26(25)56-19-23-11-12-49-52(23)20-38(42,43)44/h3-12,21,34H,13-20H2,1-2H3,(H,53,54)/t34-/m1/s1. The summed E-state index contributed by atoms with van der Waals surface area (Å²) in [5, 5.41) is 14.1. The van der Waals surface area contributed by atoms with Gasteiger partial charge in [-0.1, -0.05) is 29.8 Å². The summed E-state index contributed by atoms with van der Waals surface area (Å²) >= 11 is 7.87. The number of likely N-dealkylation sites (N-methyl/N-ethyl adjacent to an activating group) is 1. The summed E-state index contributed by atoms with van der Waals surface area (Å²) in [7, 11) is 2.07. The van der Waals surface area contributed by atoms with E-state index in [0.717, 1.165) is 68.2 Å². The smallest absolute Gasteiger partial charge is 0.408 e. The maximum Gasteiger partial charge on any atom is 0.408 e. The van der Waals surface area contributed by atoms with Crippen molar-refractivity contribution >= 4 is 39.1 Å². The average molecular weight is 865 g/mol. The molecule has 0 amide bonds. The van der Waals surface area contributed by atoms with E-state index in [1.165, 1.54) is 24.3 Å². The van der Waals surface area contributed by atoms with Crippen LogP contribution in [-0.2, 0) is 23.9 Å². The van der Waals surface area contributed by atoms with Crippen LogP contribution in [0.3, 0.4) is 0 Å². The van der Waals surface area contributed by atoms with Crippen LogP contribution in [0.25, 0.3) is 32.0 Å². The Labute approximate surface area is 341 Å². The molecular formula is C39H35ClF6N6O6S. The fraction of sp³-hybridized carbons (Fsp3) is 0.333. The van der Waals surface area contributed by atoms with Gasteiger partial charge in [-0.3, -0.25) is 9.58 Å². The van der Waals surface area contributed by atoms with Crippen molar-refractivity contribution in [2.24, 2.45) is 0 Å².